The summed E-state index contributed by atoms with van der Waals surface area (Å²) in [6, 6.07) is 7.01. The van der Waals surface area contributed by atoms with E-state index in [4.69, 9.17) is 13.9 Å². The van der Waals surface area contributed by atoms with Crippen molar-refractivity contribution in [1.29, 1.82) is 0 Å². The van der Waals surface area contributed by atoms with Gasteiger partial charge in [0.15, 0.2) is 12.3 Å². The number of carbonyl (C=O) groups excluding carboxylic acids is 1. The van der Waals surface area contributed by atoms with Gasteiger partial charge in [0.1, 0.15) is 17.8 Å². The Bertz CT molecular complexity index is 931. The molecule has 27 heavy (non-hydrogen) atoms. The Morgan fingerprint density at radius 3 is 2.85 bits per heavy atom. The molecule has 8 heteroatoms. The van der Waals surface area contributed by atoms with Gasteiger partial charge in [0.2, 0.25) is 5.89 Å². The average Bonchev–Trinajstić information content (AvgIpc) is 3.26. The largest absolute Gasteiger partial charge is 0.497 e. The van der Waals surface area contributed by atoms with E-state index < -0.39 is 0 Å². The number of aromatic nitrogens is 3. The molecule has 3 aromatic rings. The predicted molar refractivity (Wildman–Crippen MR) is 97.7 cm³/mol. The van der Waals surface area contributed by atoms with Crippen LogP contribution in [0.1, 0.15) is 40.6 Å². The van der Waals surface area contributed by atoms with Crippen LogP contribution >= 0.6 is 0 Å². The summed E-state index contributed by atoms with van der Waals surface area (Å²) in [5.74, 6) is 1.31. The van der Waals surface area contributed by atoms with E-state index in [2.05, 4.69) is 15.4 Å². The fourth-order valence-corrected chi connectivity index (χ4v) is 2.71. The van der Waals surface area contributed by atoms with Gasteiger partial charge >= 0.3 is 0 Å². The van der Waals surface area contributed by atoms with Crippen LogP contribution in [0.15, 0.2) is 41.1 Å². The van der Waals surface area contributed by atoms with Crippen LogP contribution in [-0.2, 0) is 13.7 Å². The molecule has 1 amide bonds. The molecule has 1 N–H and O–H groups in total. The number of benzene rings is 1. The number of ether oxygens (including phenoxy) is 2. The number of hydrogen-bond donors (Lipinski definition) is 1. The standard InChI is InChI=1S/C19H22N4O4/c1-12(16-9-23(3)22-13(16)2)20-19(24)17-10-27-18(21-17)11-26-15-7-5-6-14(8-15)25-4/h5-10,12H,11H2,1-4H3,(H,20,24)/t12-/m1/s1. The second kappa shape index (κ2) is 7.94. The van der Waals surface area contributed by atoms with Crippen LogP contribution < -0.4 is 14.8 Å². The summed E-state index contributed by atoms with van der Waals surface area (Å²) in [7, 11) is 3.43. The zero-order valence-electron chi connectivity index (χ0n) is 15.7. The molecule has 0 spiro atoms. The van der Waals surface area contributed by atoms with Gasteiger partial charge in [-0.1, -0.05) is 6.07 Å². The number of nitrogens with zero attached hydrogens (tertiary/aromatic N) is 3. The summed E-state index contributed by atoms with van der Waals surface area (Å²) in [5, 5.41) is 7.18. The van der Waals surface area contributed by atoms with Crippen LogP contribution in [-0.4, -0.2) is 27.8 Å². The van der Waals surface area contributed by atoms with Crippen LogP contribution in [0.2, 0.25) is 0 Å². The molecule has 8 nitrogen and oxygen atoms in total. The van der Waals surface area contributed by atoms with Crippen LogP contribution in [0, 0.1) is 6.92 Å². The molecule has 0 saturated carbocycles. The van der Waals surface area contributed by atoms with E-state index in [1.54, 1.807) is 23.9 Å². The Hall–Kier alpha value is -3.29. The summed E-state index contributed by atoms with van der Waals surface area (Å²) in [6.45, 7) is 3.91. The minimum atomic E-state index is -0.317. The van der Waals surface area contributed by atoms with E-state index in [1.165, 1.54) is 6.26 Å². The van der Waals surface area contributed by atoms with Crippen molar-refractivity contribution >= 4 is 5.91 Å². The second-order valence-electron chi connectivity index (χ2n) is 6.13. The molecule has 0 unspecified atom stereocenters. The number of rotatable bonds is 7. The van der Waals surface area contributed by atoms with Crippen molar-refractivity contribution in [3.8, 4) is 11.5 Å². The summed E-state index contributed by atoms with van der Waals surface area (Å²) in [4.78, 5) is 16.6. The molecule has 0 aliphatic heterocycles. The SMILES string of the molecule is COc1cccc(OCc2nc(C(=O)N[C@H](C)c3cn(C)nc3C)co2)c1. The molecule has 0 aliphatic carbocycles. The number of nitrogens with one attached hydrogen (secondary N) is 1. The summed E-state index contributed by atoms with van der Waals surface area (Å²) in [5.41, 5.74) is 2.03. The normalized spacial score (nSPS) is 11.9. The molecule has 1 atom stereocenters. The maximum absolute atomic E-state index is 12.4. The molecule has 0 saturated heterocycles. The van der Waals surface area contributed by atoms with Crippen LogP contribution in [0.4, 0.5) is 0 Å². The lowest BCUT2D eigenvalue weighted by Gasteiger charge is -2.11. The van der Waals surface area contributed by atoms with Crippen molar-refractivity contribution in [3.63, 3.8) is 0 Å². The molecular formula is C19H22N4O4. The molecule has 0 fully saturated rings. The van der Waals surface area contributed by atoms with Gasteiger partial charge in [-0.2, -0.15) is 5.10 Å². The van der Waals surface area contributed by atoms with E-state index in [1.807, 2.05) is 39.2 Å². The maximum Gasteiger partial charge on any atom is 0.273 e. The number of aryl methyl sites for hydroxylation is 2. The Morgan fingerprint density at radius 2 is 2.15 bits per heavy atom. The zero-order chi connectivity index (χ0) is 19.4. The molecule has 0 aliphatic rings. The van der Waals surface area contributed by atoms with Gasteiger partial charge in [-0.25, -0.2) is 4.98 Å². The van der Waals surface area contributed by atoms with Gasteiger partial charge in [-0.05, 0) is 26.0 Å². The van der Waals surface area contributed by atoms with Gasteiger partial charge in [0.25, 0.3) is 5.91 Å². The van der Waals surface area contributed by atoms with Crippen molar-refractivity contribution < 1.29 is 18.7 Å². The fraction of sp³-hybridized carbons (Fsp3) is 0.316. The van der Waals surface area contributed by atoms with Gasteiger partial charge in [-0.15, -0.1) is 0 Å². The highest BCUT2D eigenvalue weighted by atomic mass is 16.5. The van der Waals surface area contributed by atoms with E-state index in [0.717, 1.165) is 11.3 Å². The van der Waals surface area contributed by atoms with Crippen LogP contribution in [0.3, 0.4) is 0 Å². The molecule has 0 radical (unpaired) electrons. The highest BCUT2D eigenvalue weighted by Crippen LogP contribution is 2.20. The van der Waals surface area contributed by atoms with Crippen LogP contribution in [0.25, 0.3) is 0 Å². The molecule has 0 bridgehead atoms. The third kappa shape index (κ3) is 4.46. The lowest BCUT2D eigenvalue weighted by Crippen LogP contribution is -2.27. The molecule has 3 rings (SSSR count). The lowest BCUT2D eigenvalue weighted by molar-refractivity contribution is 0.0934. The third-order valence-corrected chi connectivity index (χ3v) is 4.05. The summed E-state index contributed by atoms with van der Waals surface area (Å²) >= 11 is 0. The van der Waals surface area contributed by atoms with Crippen LogP contribution in [0.5, 0.6) is 11.5 Å². The number of amides is 1. The van der Waals surface area contributed by atoms with Crippen molar-refractivity contribution in [2.75, 3.05) is 7.11 Å². The number of methoxy groups -OCH3 is 1. The van der Waals surface area contributed by atoms with Gasteiger partial charge in [0.05, 0.1) is 18.8 Å². The lowest BCUT2D eigenvalue weighted by atomic mass is 10.1. The van der Waals surface area contributed by atoms with Crippen molar-refractivity contribution in [1.82, 2.24) is 20.1 Å². The van der Waals surface area contributed by atoms with E-state index in [-0.39, 0.29) is 24.2 Å². The first-order valence-electron chi connectivity index (χ1n) is 8.48. The minimum absolute atomic E-state index is 0.109. The summed E-state index contributed by atoms with van der Waals surface area (Å²) in [6.07, 6.45) is 3.21. The maximum atomic E-state index is 12.4. The topological polar surface area (TPSA) is 91.4 Å². The Morgan fingerprint density at radius 1 is 1.37 bits per heavy atom. The molecule has 142 valence electrons. The third-order valence-electron chi connectivity index (χ3n) is 4.05. The molecule has 2 aromatic heterocycles. The first-order valence-corrected chi connectivity index (χ1v) is 8.48. The predicted octanol–water partition coefficient (Wildman–Crippen LogP) is 2.80. The second-order valence-corrected chi connectivity index (χ2v) is 6.13. The van der Waals surface area contributed by atoms with E-state index in [9.17, 15) is 4.79 Å². The Kier molecular flexibility index (Phi) is 5.44. The summed E-state index contributed by atoms with van der Waals surface area (Å²) < 4.78 is 17.8. The zero-order valence-corrected chi connectivity index (χ0v) is 15.7. The number of hydrogen-bond acceptors (Lipinski definition) is 6. The highest BCUT2D eigenvalue weighted by molar-refractivity contribution is 5.92. The molecule has 1 aromatic carbocycles. The van der Waals surface area contributed by atoms with Crippen molar-refractivity contribution in [2.24, 2.45) is 7.05 Å². The van der Waals surface area contributed by atoms with Gasteiger partial charge in [-0.3, -0.25) is 9.48 Å². The highest BCUT2D eigenvalue weighted by Gasteiger charge is 2.18. The van der Waals surface area contributed by atoms with Gasteiger partial charge in [0, 0.05) is 24.9 Å². The minimum Gasteiger partial charge on any atom is -0.497 e. The molecular weight excluding hydrogens is 348 g/mol. The first-order chi connectivity index (χ1) is 13.0. The number of carbonyl (C=O) groups is 1. The Balaban J connectivity index is 1.59. The quantitative estimate of drug-likeness (QED) is 0.688. The first kappa shape index (κ1) is 18.5. The monoisotopic (exact) mass is 370 g/mol. The van der Waals surface area contributed by atoms with Crippen molar-refractivity contribution in [2.45, 2.75) is 26.5 Å². The van der Waals surface area contributed by atoms with Gasteiger partial charge < -0.3 is 19.2 Å². The smallest absolute Gasteiger partial charge is 0.273 e. The van der Waals surface area contributed by atoms with E-state index >= 15 is 0 Å². The van der Waals surface area contributed by atoms with Crippen molar-refractivity contribution in [3.05, 3.63) is 59.6 Å². The average molecular weight is 370 g/mol. The fourth-order valence-electron chi connectivity index (χ4n) is 2.71. The Labute approximate surface area is 157 Å². The molecule has 2 heterocycles. The van der Waals surface area contributed by atoms with E-state index in [0.29, 0.717) is 17.4 Å². The number of oxazole rings is 1.